The highest BCUT2D eigenvalue weighted by Gasteiger charge is 2.31. The topological polar surface area (TPSA) is 12.0 Å². The fraction of sp³-hybridized carbons (Fsp3) is 0.684. The summed E-state index contributed by atoms with van der Waals surface area (Å²) >= 11 is 0. The van der Waals surface area contributed by atoms with Crippen molar-refractivity contribution < 1.29 is 0 Å². The minimum absolute atomic E-state index is 0.547. The lowest BCUT2D eigenvalue weighted by Crippen LogP contribution is -2.33. The van der Waals surface area contributed by atoms with Gasteiger partial charge in [0.05, 0.1) is 0 Å². The molecular weight excluding hydrogens is 242 g/mol. The van der Waals surface area contributed by atoms with Crippen molar-refractivity contribution in [2.45, 2.75) is 59.4 Å². The van der Waals surface area contributed by atoms with Crippen LogP contribution in [0, 0.1) is 17.8 Å². The van der Waals surface area contributed by atoms with Crippen molar-refractivity contribution in [3.05, 3.63) is 35.4 Å². The Hall–Kier alpha value is -0.820. The van der Waals surface area contributed by atoms with Gasteiger partial charge in [-0.15, -0.1) is 0 Å². The maximum Gasteiger partial charge on any atom is 0.0351 e. The van der Waals surface area contributed by atoms with Crippen molar-refractivity contribution in [3.8, 4) is 0 Å². The van der Waals surface area contributed by atoms with Crippen LogP contribution >= 0.6 is 0 Å². The summed E-state index contributed by atoms with van der Waals surface area (Å²) in [5.41, 5.74) is 3.06. The number of rotatable bonds is 5. The van der Waals surface area contributed by atoms with Crippen LogP contribution < -0.4 is 5.32 Å². The van der Waals surface area contributed by atoms with Gasteiger partial charge >= 0.3 is 0 Å². The molecule has 1 nitrogen and oxygen atoms in total. The first-order valence-electron chi connectivity index (χ1n) is 8.48. The van der Waals surface area contributed by atoms with Crippen LogP contribution in [0.25, 0.3) is 0 Å². The number of hydrogen-bond donors (Lipinski definition) is 1. The number of aryl methyl sites for hydroxylation is 1. The Balaban J connectivity index is 2.22. The number of hydrogen-bond acceptors (Lipinski definition) is 1. The molecule has 0 spiro atoms. The van der Waals surface area contributed by atoms with E-state index in [0.717, 1.165) is 30.7 Å². The molecule has 112 valence electrons. The van der Waals surface area contributed by atoms with Crippen molar-refractivity contribution in [2.75, 3.05) is 6.54 Å². The Kier molecular flexibility index (Phi) is 5.65. The summed E-state index contributed by atoms with van der Waals surface area (Å²) in [7, 11) is 0. The smallest absolute Gasteiger partial charge is 0.0351 e. The molecule has 0 aromatic heterocycles. The van der Waals surface area contributed by atoms with E-state index < -0.39 is 0 Å². The molecule has 1 aromatic rings. The summed E-state index contributed by atoms with van der Waals surface area (Å²) in [6.07, 6.45) is 5.27. The molecule has 4 atom stereocenters. The van der Waals surface area contributed by atoms with Crippen molar-refractivity contribution in [2.24, 2.45) is 17.8 Å². The second-order valence-electron chi connectivity index (χ2n) is 6.62. The van der Waals surface area contributed by atoms with Gasteiger partial charge in [-0.05, 0) is 54.7 Å². The second-order valence-corrected chi connectivity index (χ2v) is 6.62. The molecule has 2 rings (SSSR count). The van der Waals surface area contributed by atoms with Gasteiger partial charge in [0.1, 0.15) is 0 Å². The van der Waals surface area contributed by atoms with Gasteiger partial charge in [0, 0.05) is 6.04 Å². The molecule has 1 heteroatoms. The summed E-state index contributed by atoms with van der Waals surface area (Å²) in [6, 6.07) is 9.57. The molecule has 0 amide bonds. The van der Waals surface area contributed by atoms with Crippen molar-refractivity contribution in [1.29, 1.82) is 0 Å². The van der Waals surface area contributed by atoms with Gasteiger partial charge in [0.2, 0.25) is 0 Å². The summed E-state index contributed by atoms with van der Waals surface area (Å²) < 4.78 is 0. The van der Waals surface area contributed by atoms with Crippen LogP contribution in [-0.2, 0) is 6.42 Å². The lowest BCUT2D eigenvalue weighted by Gasteiger charge is -2.38. The summed E-state index contributed by atoms with van der Waals surface area (Å²) in [5, 5.41) is 3.78. The van der Waals surface area contributed by atoms with Crippen molar-refractivity contribution in [3.63, 3.8) is 0 Å². The first-order valence-corrected chi connectivity index (χ1v) is 8.48. The van der Waals surface area contributed by atoms with Gasteiger partial charge in [0.15, 0.2) is 0 Å². The monoisotopic (exact) mass is 273 g/mol. The normalized spacial score (nSPS) is 28.3. The molecule has 1 N–H and O–H groups in total. The van der Waals surface area contributed by atoms with E-state index in [1.54, 1.807) is 5.56 Å². The Bertz CT molecular complexity index is 412. The summed E-state index contributed by atoms with van der Waals surface area (Å²) in [4.78, 5) is 0. The molecule has 1 aromatic carbocycles. The van der Waals surface area contributed by atoms with Crippen LogP contribution in [0.1, 0.15) is 64.1 Å². The molecule has 4 unspecified atom stereocenters. The van der Waals surface area contributed by atoms with E-state index in [4.69, 9.17) is 0 Å². The van der Waals surface area contributed by atoms with Crippen molar-refractivity contribution in [1.82, 2.24) is 5.32 Å². The van der Waals surface area contributed by atoms with E-state index in [1.807, 2.05) is 0 Å². The van der Waals surface area contributed by atoms with Crippen molar-refractivity contribution >= 4 is 0 Å². The van der Waals surface area contributed by atoms with Gasteiger partial charge in [-0.1, -0.05) is 58.4 Å². The van der Waals surface area contributed by atoms with Gasteiger partial charge in [-0.25, -0.2) is 0 Å². The molecule has 1 aliphatic rings. The second kappa shape index (κ2) is 7.26. The third kappa shape index (κ3) is 3.44. The lowest BCUT2D eigenvalue weighted by atomic mass is 9.71. The van der Waals surface area contributed by atoms with Crippen LogP contribution in [0.5, 0.6) is 0 Å². The van der Waals surface area contributed by atoms with E-state index in [1.165, 1.54) is 24.8 Å². The molecule has 0 aliphatic heterocycles. The zero-order chi connectivity index (χ0) is 14.5. The van der Waals surface area contributed by atoms with Crippen LogP contribution in [0.3, 0.4) is 0 Å². The highest BCUT2D eigenvalue weighted by Crippen LogP contribution is 2.40. The van der Waals surface area contributed by atoms with Crippen LogP contribution in [-0.4, -0.2) is 6.54 Å². The lowest BCUT2D eigenvalue weighted by molar-refractivity contribution is 0.171. The van der Waals surface area contributed by atoms with E-state index in [0.29, 0.717) is 6.04 Å². The van der Waals surface area contributed by atoms with Gasteiger partial charge in [-0.3, -0.25) is 0 Å². The molecule has 0 bridgehead atoms. The van der Waals surface area contributed by atoms with E-state index >= 15 is 0 Å². The van der Waals surface area contributed by atoms with Crippen LogP contribution in [0.4, 0.5) is 0 Å². The standard InChI is InChI=1S/C19H31N/c1-5-16-9-7-8-10-18(16)19(20-6-2)17-12-11-14(3)15(4)13-17/h7-10,14-15,17,19-20H,5-6,11-13H2,1-4H3. The molecule has 0 saturated heterocycles. The predicted octanol–water partition coefficient (Wildman–Crippen LogP) is 4.97. The molecule has 0 heterocycles. The highest BCUT2D eigenvalue weighted by atomic mass is 14.9. The maximum absolute atomic E-state index is 3.78. The minimum atomic E-state index is 0.547. The first kappa shape index (κ1) is 15.6. The van der Waals surface area contributed by atoms with Gasteiger partial charge in [-0.2, -0.15) is 0 Å². The summed E-state index contributed by atoms with van der Waals surface area (Å²) in [5.74, 6) is 2.56. The SMILES string of the molecule is CCNC(c1ccccc1CC)C1CCC(C)C(C)C1. The molecular formula is C19H31N. The number of benzene rings is 1. The average Bonchev–Trinajstić information content (AvgIpc) is 2.48. The largest absolute Gasteiger partial charge is 0.310 e. The summed E-state index contributed by atoms with van der Waals surface area (Å²) in [6.45, 7) is 10.4. The molecule has 20 heavy (non-hydrogen) atoms. The molecule has 0 radical (unpaired) electrons. The Morgan fingerprint density at radius 2 is 1.85 bits per heavy atom. The number of nitrogens with one attached hydrogen (secondary N) is 1. The molecule has 1 fully saturated rings. The van der Waals surface area contributed by atoms with Gasteiger partial charge < -0.3 is 5.32 Å². The average molecular weight is 273 g/mol. The van der Waals surface area contributed by atoms with E-state index in [2.05, 4.69) is 57.3 Å². The zero-order valence-corrected chi connectivity index (χ0v) is 13.7. The third-order valence-corrected chi connectivity index (χ3v) is 5.31. The third-order valence-electron chi connectivity index (χ3n) is 5.31. The van der Waals surface area contributed by atoms with E-state index in [9.17, 15) is 0 Å². The molecule has 1 aliphatic carbocycles. The fourth-order valence-corrected chi connectivity index (χ4v) is 3.80. The quantitative estimate of drug-likeness (QED) is 0.798. The zero-order valence-electron chi connectivity index (χ0n) is 13.7. The molecule has 1 saturated carbocycles. The minimum Gasteiger partial charge on any atom is -0.310 e. The van der Waals surface area contributed by atoms with E-state index in [-0.39, 0.29) is 0 Å². The maximum atomic E-state index is 3.78. The first-order chi connectivity index (χ1) is 9.67. The fourth-order valence-electron chi connectivity index (χ4n) is 3.80. The Morgan fingerprint density at radius 1 is 1.10 bits per heavy atom. The van der Waals surface area contributed by atoms with Gasteiger partial charge in [0.25, 0.3) is 0 Å². The predicted molar refractivity (Wildman–Crippen MR) is 87.9 cm³/mol. The Morgan fingerprint density at radius 3 is 2.50 bits per heavy atom. The van der Waals surface area contributed by atoms with Crippen LogP contribution in [0.2, 0.25) is 0 Å². The Labute approximate surface area is 125 Å². The van der Waals surface area contributed by atoms with Crippen LogP contribution in [0.15, 0.2) is 24.3 Å². The highest BCUT2D eigenvalue weighted by molar-refractivity contribution is 5.30.